The van der Waals surface area contributed by atoms with Gasteiger partial charge in [-0.05, 0) is 39.7 Å². The highest BCUT2D eigenvalue weighted by Crippen LogP contribution is 2.47. The Morgan fingerprint density at radius 2 is 1.66 bits per heavy atom. The molecule has 4 fully saturated rings. The van der Waals surface area contributed by atoms with Gasteiger partial charge in [0, 0.05) is 70.1 Å². The van der Waals surface area contributed by atoms with Gasteiger partial charge in [0.25, 0.3) is 0 Å². The Morgan fingerprint density at radius 1 is 1.00 bits per heavy atom. The minimum absolute atomic E-state index is 0.108. The van der Waals surface area contributed by atoms with Crippen molar-refractivity contribution in [3.63, 3.8) is 0 Å². The van der Waals surface area contributed by atoms with Crippen LogP contribution in [0.2, 0.25) is 0 Å². The Kier molecular flexibility index (Phi) is 5.81. The van der Waals surface area contributed by atoms with Crippen LogP contribution < -0.4 is 0 Å². The number of hydrogen-bond acceptors (Lipinski definition) is 5. The molecule has 0 atom stereocenters. The van der Waals surface area contributed by atoms with E-state index in [1.807, 2.05) is 9.80 Å². The van der Waals surface area contributed by atoms with Crippen molar-refractivity contribution in [1.82, 2.24) is 19.6 Å². The van der Waals surface area contributed by atoms with Crippen LogP contribution in [0, 0.1) is 5.41 Å². The standard InChI is InChI=1S/C22H38N4O3/c1-18(2)24-15-13-23(14-16-24)9-4-10-26-17-22(29-20(26)28)7-11-25(12-8-22)19(27)21(3)5-6-21/h18H,4-17H2,1-3H3. The highest BCUT2D eigenvalue weighted by molar-refractivity contribution is 5.85. The van der Waals surface area contributed by atoms with Crippen LogP contribution in [-0.2, 0) is 9.53 Å². The molecule has 0 aromatic carbocycles. The van der Waals surface area contributed by atoms with E-state index in [-0.39, 0.29) is 17.1 Å². The molecule has 0 aromatic heterocycles. The molecule has 0 radical (unpaired) electrons. The van der Waals surface area contributed by atoms with Crippen molar-refractivity contribution < 1.29 is 14.3 Å². The van der Waals surface area contributed by atoms with Crippen molar-refractivity contribution in [2.24, 2.45) is 5.41 Å². The fraction of sp³-hybridized carbons (Fsp3) is 0.909. The van der Waals surface area contributed by atoms with E-state index in [4.69, 9.17) is 4.74 Å². The molecule has 4 rings (SSSR count). The van der Waals surface area contributed by atoms with Gasteiger partial charge in [-0.1, -0.05) is 6.92 Å². The smallest absolute Gasteiger partial charge is 0.410 e. The predicted molar refractivity (Wildman–Crippen MR) is 112 cm³/mol. The van der Waals surface area contributed by atoms with Gasteiger partial charge in [-0.3, -0.25) is 9.69 Å². The summed E-state index contributed by atoms with van der Waals surface area (Å²) in [5, 5.41) is 0. The molecule has 1 aliphatic carbocycles. The molecule has 1 spiro atoms. The lowest BCUT2D eigenvalue weighted by Crippen LogP contribution is -2.50. The molecule has 0 unspecified atom stereocenters. The molecule has 1 saturated carbocycles. The highest BCUT2D eigenvalue weighted by Gasteiger charge is 2.51. The molecule has 3 saturated heterocycles. The molecule has 0 aromatic rings. The van der Waals surface area contributed by atoms with Crippen LogP contribution in [0.25, 0.3) is 0 Å². The lowest BCUT2D eigenvalue weighted by Gasteiger charge is -2.38. The number of piperidine rings is 1. The monoisotopic (exact) mass is 406 g/mol. The normalized spacial score (nSPS) is 27.0. The summed E-state index contributed by atoms with van der Waals surface area (Å²) in [5.41, 5.74) is -0.481. The third-order valence-corrected chi connectivity index (χ3v) is 7.56. The molecule has 7 nitrogen and oxygen atoms in total. The van der Waals surface area contributed by atoms with Gasteiger partial charge in [0.1, 0.15) is 5.60 Å². The van der Waals surface area contributed by atoms with E-state index < -0.39 is 0 Å². The van der Waals surface area contributed by atoms with E-state index in [0.717, 1.165) is 84.5 Å². The Hall–Kier alpha value is -1.34. The summed E-state index contributed by atoms with van der Waals surface area (Å²) in [5.74, 6) is 0.297. The lowest BCUT2D eigenvalue weighted by molar-refractivity contribution is -0.139. The van der Waals surface area contributed by atoms with Crippen molar-refractivity contribution >= 4 is 12.0 Å². The van der Waals surface area contributed by atoms with Gasteiger partial charge in [0.15, 0.2) is 0 Å². The second-order valence-corrected chi connectivity index (χ2v) is 10.2. The van der Waals surface area contributed by atoms with E-state index in [9.17, 15) is 9.59 Å². The number of carbonyl (C=O) groups is 2. The maximum absolute atomic E-state index is 12.6. The van der Waals surface area contributed by atoms with Crippen molar-refractivity contribution in [2.75, 3.05) is 58.9 Å². The maximum atomic E-state index is 12.6. The molecular weight excluding hydrogens is 368 g/mol. The summed E-state index contributed by atoms with van der Waals surface area (Å²) in [6, 6.07) is 0.626. The minimum Gasteiger partial charge on any atom is -0.441 e. The topological polar surface area (TPSA) is 56.3 Å². The van der Waals surface area contributed by atoms with Crippen molar-refractivity contribution in [1.29, 1.82) is 0 Å². The number of piperazine rings is 1. The zero-order valence-corrected chi connectivity index (χ0v) is 18.5. The van der Waals surface area contributed by atoms with Gasteiger partial charge < -0.3 is 19.4 Å². The number of hydrogen-bond donors (Lipinski definition) is 0. The second-order valence-electron chi connectivity index (χ2n) is 10.2. The molecule has 4 aliphatic rings. The Morgan fingerprint density at radius 3 is 2.24 bits per heavy atom. The van der Waals surface area contributed by atoms with Crippen LogP contribution in [0.3, 0.4) is 0 Å². The van der Waals surface area contributed by atoms with Gasteiger partial charge in [-0.2, -0.15) is 0 Å². The molecule has 3 heterocycles. The summed E-state index contributed by atoms with van der Waals surface area (Å²) < 4.78 is 5.84. The summed E-state index contributed by atoms with van der Waals surface area (Å²) in [6.45, 7) is 15.0. The number of nitrogens with zero attached hydrogens (tertiary/aromatic N) is 4. The van der Waals surface area contributed by atoms with E-state index in [2.05, 4.69) is 30.6 Å². The van der Waals surface area contributed by atoms with E-state index in [1.165, 1.54) is 0 Å². The van der Waals surface area contributed by atoms with E-state index >= 15 is 0 Å². The first-order chi connectivity index (χ1) is 13.8. The van der Waals surface area contributed by atoms with Crippen LogP contribution in [0.5, 0.6) is 0 Å². The summed E-state index contributed by atoms with van der Waals surface area (Å²) in [7, 11) is 0. The molecule has 7 heteroatoms. The lowest BCUT2D eigenvalue weighted by atomic mass is 9.90. The molecule has 2 amide bonds. The fourth-order valence-electron chi connectivity index (χ4n) is 5.01. The van der Waals surface area contributed by atoms with Gasteiger partial charge >= 0.3 is 6.09 Å². The van der Waals surface area contributed by atoms with Crippen LogP contribution in [0.1, 0.15) is 52.9 Å². The van der Waals surface area contributed by atoms with Crippen molar-refractivity contribution in [3.05, 3.63) is 0 Å². The van der Waals surface area contributed by atoms with Crippen LogP contribution in [-0.4, -0.2) is 102 Å². The highest BCUT2D eigenvalue weighted by atomic mass is 16.6. The minimum atomic E-state index is -0.374. The van der Waals surface area contributed by atoms with E-state index in [1.54, 1.807) is 0 Å². The number of likely N-dealkylation sites (tertiary alicyclic amines) is 1. The molecule has 3 aliphatic heterocycles. The Labute approximate surface area is 175 Å². The van der Waals surface area contributed by atoms with Crippen molar-refractivity contribution in [3.8, 4) is 0 Å². The first-order valence-electron chi connectivity index (χ1n) is 11.5. The van der Waals surface area contributed by atoms with Gasteiger partial charge in [0.05, 0.1) is 6.54 Å². The van der Waals surface area contributed by atoms with Crippen LogP contribution >= 0.6 is 0 Å². The largest absolute Gasteiger partial charge is 0.441 e. The molecule has 29 heavy (non-hydrogen) atoms. The predicted octanol–water partition coefficient (Wildman–Crippen LogP) is 2.02. The van der Waals surface area contributed by atoms with Gasteiger partial charge in [-0.15, -0.1) is 0 Å². The van der Waals surface area contributed by atoms with Crippen LogP contribution in [0.4, 0.5) is 4.79 Å². The third kappa shape index (κ3) is 4.55. The van der Waals surface area contributed by atoms with Gasteiger partial charge in [0.2, 0.25) is 5.91 Å². The first-order valence-corrected chi connectivity index (χ1v) is 11.5. The summed E-state index contributed by atoms with van der Waals surface area (Å²) >= 11 is 0. The average molecular weight is 407 g/mol. The number of carbonyl (C=O) groups excluding carboxylic acids is 2. The summed E-state index contributed by atoms with van der Waals surface area (Å²) in [6.07, 6.45) is 4.41. The molecule has 0 N–H and O–H groups in total. The molecule has 164 valence electrons. The maximum Gasteiger partial charge on any atom is 0.410 e. The number of amides is 2. The first kappa shape index (κ1) is 20.9. The molecular formula is C22H38N4O3. The molecule has 0 bridgehead atoms. The summed E-state index contributed by atoms with van der Waals surface area (Å²) in [4.78, 5) is 33.9. The number of rotatable bonds is 6. The third-order valence-electron chi connectivity index (χ3n) is 7.56. The average Bonchev–Trinajstić information content (AvgIpc) is 3.39. The number of ether oxygens (including phenoxy) is 1. The zero-order valence-electron chi connectivity index (χ0n) is 18.5. The Bertz CT molecular complexity index is 618. The quantitative estimate of drug-likeness (QED) is 0.675. The van der Waals surface area contributed by atoms with Crippen molar-refractivity contribution in [2.45, 2.75) is 64.5 Å². The SMILES string of the molecule is CC(C)N1CCN(CCCN2CC3(CCN(C(=O)C4(C)CC4)CC3)OC2=O)CC1. The Balaban J connectivity index is 1.19. The van der Waals surface area contributed by atoms with Crippen LogP contribution in [0.15, 0.2) is 0 Å². The zero-order chi connectivity index (χ0) is 20.6. The van der Waals surface area contributed by atoms with E-state index in [0.29, 0.717) is 18.5 Å². The fourth-order valence-corrected chi connectivity index (χ4v) is 5.01. The van der Waals surface area contributed by atoms with Gasteiger partial charge in [-0.25, -0.2) is 4.79 Å². The second kappa shape index (κ2) is 8.06.